The molecule has 0 aromatic heterocycles. The Labute approximate surface area is 80.8 Å². The van der Waals surface area contributed by atoms with E-state index in [1.54, 1.807) is 24.3 Å². The highest BCUT2D eigenvalue weighted by molar-refractivity contribution is 6.32. The molecule has 66 valence electrons. The van der Waals surface area contributed by atoms with Crippen LogP contribution in [0.1, 0.15) is 15.9 Å². The van der Waals surface area contributed by atoms with Gasteiger partial charge in [-0.1, -0.05) is 29.8 Å². The van der Waals surface area contributed by atoms with Crippen LogP contribution in [0.2, 0.25) is 5.02 Å². The normalized spacial score (nSPS) is 10.2. The molecule has 0 spiro atoms. The van der Waals surface area contributed by atoms with Crippen molar-refractivity contribution in [2.24, 2.45) is 0 Å². The van der Waals surface area contributed by atoms with E-state index in [1.807, 2.05) is 0 Å². The average Bonchev–Trinajstić information content (AvgIpc) is 2.16. The Balaban J connectivity index is 3.04. The zero-order valence-corrected chi connectivity index (χ0v) is 7.49. The first-order valence-corrected chi connectivity index (χ1v) is 4.02. The fraction of sp³-hybridized carbons (Fsp3) is 0. The van der Waals surface area contributed by atoms with Crippen molar-refractivity contribution in [2.45, 2.75) is 0 Å². The molecule has 0 unspecified atom stereocenters. The molecular formula is C10H7ClO2. The minimum atomic E-state index is 0.461. The van der Waals surface area contributed by atoms with Gasteiger partial charge in [0.1, 0.15) is 12.6 Å². The van der Waals surface area contributed by atoms with Crippen molar-refractivity contribution in [1.29, 1.82) is 0 Å². The third kappa shape index (κ3) is 2.53. The standard InChI is InChI=1S/C10H7ClO2/c11-10-6-8(7-13)3-4-9(10)2-1-5-12/h1-7H. The van der Waals surface area contributed by atoms with Gasteiger partial charge in [-0.3, -0.25) is 9.59 Å². The molecule has 0 saturated heterocycles. The van der Waals surface area contributed by atoms with E-state index in [0.29, 0.717) is 16.9 Å². The molecule has 0 heterocycles. The van der Waals surface area contributed by atoms with Crippen molar-refractivity contribution < 1.29 is 9.59 Å². The monoisotopic (exact) mass is 194 g/mol. The van der Waals surface area contributed by atoms with E-state index in [9.17, 15) is 9.59 Å². The van der Waals surface area contributed by atoms with Crippen LogP contribution in [0.15, 0.2) is 24.3 Å². The summed E-state index contributed by atoms with van der Waals surface area (Å²) in [5, 5.41) is 0.461. The van der Waals surface area contributed by atoms with Gasteiger partial charge in [-0.15, -0.1) is 0 Å². The zero-order chi connectivity index (χ0) is 9.68. The van der Waals surface area contributed by atoms with Gasteiger partial charge in [0, 0.05) is 10.6 Å². The highest BCUT2D eigenvalue weighted by atomic mass is 35.5. The summed E-state index contributed by atoms with van der Waals surface area (Å²) in [5.41, 5.74) is 1.24. The number of aldehydes is 2. The summed E-state index contributed by atoms with van der Waals surface area (Å²) in [4.78, 5) is 20.4. The molecule has 0 atom stereocenters. The molecule has 0 amide bonds. The second kappa shape index (κ2) is 4.58. The van der Waals surface area contributed by atoms with E-state index < -0.39 is 0 Å². The quantitative estimate of drug-likeness (QED) is 0.547. The van der Waals surface area contributed by atoms with E-state index >= 15 is 0 Å². The molecular weight excluding hydrogens is 188 g/mol. The fourth-order valence-electron chi connectivity index (χ4n) is 0.895. The molecule has 1 rings (SSSR count). The lowest BCUT2D eigenvalue weighted by Gasteiger charge is -1.97. The number of carbonyl (C=O) groups is 2. The van der Waals surface area contributed by atoms with Crippen LogP contribution in [0.5, 0.6) is 0 Å². The third-order valence-electron chi connectivity index (χ3n) is 1.51. The molecule has 13 heavy (non-hydrogen) atoms. The maximum absolute atomic E-state index is 10.4. The van der Waals surface area contributed by atoms with Crippen LogP contribution in [0.4, 0.5) is 0 Å². The summed E-state index contributed by atoms with van der Waals surface area (Å²) in [5.74, 6) is 0. The van der Waals surface area contributed by atoms with Gasteiger partial charge >= 0.3 is 0 Å². The van der Waals surface area contributed by atoms with Gasteiger partial charge in [-0.25, -0.2) is 0 Å². The summed E-state index contributed by atoms with van der Waals surface area (Å²) in [6.45, 7) is 0. The molecule has 0 aliphatic heterocycles. The first kappa shape index (κ1) is 9.68. The van der Waals surface area contributed by atoms with Crippen molar-refractivity contribution >= 4 is 30.2 Å². The summed E-state index contributed by atoms with van der Waals surface area (Å²) in [6.07, 6.45) is 4.33. The molecule has 0 fully saturated rings. The maximum Gasteiger partial charge on any atom is 0.150 e. The lowest BCUT2D eigenvalue weighted by molar-refractivity contribution is -0.104. The van der Waals surface area contributed by atoms with Gasteiger partial charge in [0.25, 0.3) is 0 Å². The van der Waals surface area contributed by atoms with Crippen molar-refractivity contribution in [3.63, 3.8) is 0 Å². The van der Waals surface area contributed by atoms with Crippen LogP contribution in [-0.4, -0.2) is 12.6 Å². The van der Waals surface area contributed by atoms with Crippen molar-refractivity contribution in [3.05, 3.63) is 40.4 Å². The predicted molar refractivity (Wildman–Crippen MR) is 51.9 cm³/mol. The van der Waals surface area contributed by atoms with Crippen LogP contribution in [0.25, 0.3) is 6.08 Å². The summed E-state index contributed by atoms with van der Waals surface area (Å²) < 4.78 is 0. The van der Waals surface area contributed by atoms with E-state index in [4.69, 9.17) is 11.6 Å². The van der Waals surface area contributed by atoms with Crippen LogP contribution in [0, 0.1) is 0 Å². The van der Waals surface area contributed by atoms with E-state index in [-0.39, 0.29) is 0 Å². The summed E-state index contributed by atoms with van der Waals surface area (Å²) >= 11 is 5.82. The molecule has 0 bridgehead atoms. The van der Waals surface area contributed by atoms with E-state index in [2.05, 4.69) is 0 Å². The Morgan fingerprint density at radius 1 is 1.23 bits per heavy atom. The smallest absolute Gasteiger partial charge is 0.150 e. The van der Waals surface area contributed by atoms with E-state index in [1.165, 1.54) is 6.08 Å². The Kier molecular flexibility index (Phi) is 3.41. The summed E-state index contributed by atoms with van der Waals surface area (Å²) in [6, 6.07) is 4.88. The molecule has 2 nitrogen and oxygen atoms in total. The molecule has 0 aliphatic carbocycles. The number of benzene rings is 1. The first-order chi connectivity index (χ1) is 6.27. The Hall–Kier alpha value is -1.41. The Bertz CT molecular complexity index is 356. The SMILES string of the molecule is O=CC=Cc1ccc(C=O)cc1Cl. The van der Waals surface area contributed by atoms with Gasteiger partial charge in [0.05, 0.1) is 0 Å². The Morgan fingerprint density at radius 3 is 2.54 bits per heavy atom. The van der Waals surface area contributed by atoms with Gasteiger partial charge in [-0.2, -0.15) is 0 Å². The number of halogens is 1. The number of hydrogen-bond acceptors (Lipinski definition) is 2. The number of carbonyl (C=O) groups excluding carboxylic acids is 2. The van der Waals surface area contributed by atoms with Gasteiger partial charge in [-0.05, 0) is 17.7 Å². The van der Waals surface area contributed by atoms with Crippen molar-refractivity contribution in [2.75, 3.05) is 0 Å². The Morgan fingerprint density at radius 2 is 2.00 bits per heavy atom. The molecule has 1 aromatic rings. The highest BCUT2D eigenvalue weighted by Gasteiger charge is 1.97. The van der Waals surface area contributed by atoms with Crippen LogP contribution in [0.3, 0.4) is 0 Å². The summed E-state index contributed by atoms with van der Waals surface area (Å²) in [7, 11) is 0. The molecule has 0 saturated carbocycles. The predicted octanol–water partition coefficient (Wildman–Crippen LogP) is 2.36. The molecule has 0 radical (unpaired) electrons. The van der Waals surface area contributed by atoms with Crippen LogP contribution in [-0.2, 0) is 4.79 Å². The van der Waals surface area contributed by atoms with Crippen LogP contribution < -0.4 is 0 Å². The number of hydrogen-bond donors (Lipinski definition) is 0. The molecule has 0 N–H and O–H groups in total. The molecule has 1 aromatic carbocycles. The van der Waals surface area contributed by atoms with E-state index in [0.717, 1.165) is 11.8 Å². The van der Waals surface area contributed by atoms with Gasteiger partial charge in [0.15, 0.2) is 0 Å². The van der Waals surface area contributed by atoms with Gasteiger partial charge in [0.2, 0.25) is 0 Å². The molecule has 3 heteroatoms. The topological polar surface area (TPSA) is 34.1 Å². The maximum atomic E-state index is 10.4. The fourth-order valence-corrected chi connectivity index (χ4v) is 1.15. The zero-order valence-electron chi connectivity index (χ0n) is 6.74. The lowest BCUT2D eigenvalue weighted by Crippen LogP contribution is -1.81. The van der Waals surface area contributed by atoms with Crippen molar-refractivity contribution in [3.8, 4) is 0 Å². The van der Waals surface area contributed by atoms with Gasteiger partial charge < -0.3 is 0 Å². The minimum Gasteiger partial charge on any atom is -0.299 e. The number of rotatable bonds is 3. The van der Waals surface area contributed by atoms with Crippen molar-refractivity contribution in [1.82, 2.24) is 0 Å². The lowest BCUT2D eigenvalue weighted by atomic mass is 10.1. The minimum absolute atomic E-state index is 0.461. The highest BCUT2D eigenvalue weighted by Crippen LogP contribution is 2.18. The third-order valence-corrected chi connectivity index (χ3v) is 1.84. The average molecular weight is 195 g/mol. The second-order valence-electron chi connectivity index (χ2n) is 2.39. The van der Waals surface area contributed by atoms with Crippen LogP contribution >= 0.6 is 11.6 Å². The molecule has 0 aliphatic rings. The second-order valence-corrected chi connectivity index (χ2v) is 2.80. The first-order valence-electron chi connectivity index (χ1n) is 3.64. The largest absolute Gasteiger partial charge is 0.299 e. The number of allylic oxidation sites excluding steroid dienone is 1.